The van der Waals surface area contributed by atoms with Gasteiger partial charge in [0.05, 0.1) is 32.5 Å². The number of ether oxygens (including phenoxy) is 2. The van der Waals surface area contributed by atoms with E-state index in [0.29, 0.717) is 28.1 Å². The van der Waals surface area contributed by atoms with Crippen molar-refractivity contribution in [1.82, 2.24) is 14.9 Å². The van der Waals surface area contributed by atoms with E-state index in [1.54, 1.807) is 37.4 Å². The predicted octanol–water partition coefficient (Wildman–Crippen LogP) is 1.78. The number of hydrogen-bond donors (Lipinski definition) is 3. The summed E-state index contributed by atoms with van der Waals surface area (Å²) in [5.74, 6) is 7.65. The quantitative estimate of drug-likeness (QED) is 0.205. The third kappa shape index (κ3) is 5.19. The van der Waals surface area contributed by atoms with Gasteiger partial charge in [-0.15, -0.1) is 10.2 Å². The molecule has 0 bridgehead atoms. The average molecular weight is 417 g/mol. The largest absolute Gasteiger partial charge is 0.493 e. The molecule has 4 N–H and O–H groups in total. The van der Waals surface area contributed by atoms with Gasteiger partial charge < -0.3 is 25.1 Å². The highest BCUT2D eigenvalue weighted by molar-refractivity contribution is 7.99. The first-order chi connectivity index (χ1) is 14.1. The maximum absolute atomic E-state index is 12.2. The van der Waals surface area contributed by atoms with Crippen LogP contribution in [0, 0.1) is 0 Å². The monoisotopic (exact) mass is 417 g/mol. The van der Waals surface area contributed by atoms with Gasteiger partial charge in [0.1, 0.15) is 5.76 Å². The van der Waals surface area contributed by atoms with Crippen molar-refractivity contribution in [2.45, 2.75) is 5.16 Å². The van der Waals surface area contributed by atoms with Crippen molar-refractivity contribution in [3.05, 3.63) is 42.4 Å². The smallest absolute Gasteiger partial charge is 0.264 e. The van der Waals surface area contributed by atoms with Gasteiger partial charge in [0, 0.05) is 11.8 Å². The molecule has 0 saturated heterocycles. The lowest BCUT2D eigenvalue weighted by Crippen LogP contribution is -2.17. The third-order valence-corrected chi connectivity index (χ3v) is 4.51. The number of carbonyl (C=O) groups excluding carboxylic acids is 1. The van der Waals surface area contributed by atoms with Crippen LogP contribution in [0.2, 0.25) is 0 Å². The molecule has 0 fully saturated rings. The number of aromatic nitrogens is 3. The Hall–Kier alpha value is -3.67. The average Bonchev–Trinajstić information content (AvgIpc) is 3.37. The lowest BCUT2D eigenvalue weighted by molar-refractivity contribution is -0.113. The maximum Gasteiger partial charge on any atom is 0.264 e. The van der Waals surface area contributed by atoms with E-state index in [1.165, 1.54) is 24.3 Å². The van der Waals surface area contributed by atoms with Gasteiger partial charge in [-0.3, -0.25) is 4.79 Å². The summed E-state index contributed by atoms with van der Waals surface area (Å²) in [4.78, 5) is 12.2. The van der Waals surface area contributed by atoms with E-state index in [1.807, 2.05) is 0 Å². The van der Waals surface area contributed by atoms with Crippen LogP contribution in [-0.4, -0.2) is 47.0 Å². The van der Waals surface area contributed by atoms with Crippen LogP contribution in [0.3, 0.4) is 0 Å². The molecule has 1 amide bonds. The summed E-state index contributed by atoms with van der Waals surface area (Å²) in [7, 11) is 3.07. The molecule has 29 heavy (non-hydrogen) atoms. The molecule has 0 aliphatic heterocycles. The number of furan rings is 1. The normalized spacial score (nSPS) is 10.8. The topological polar surface area (TPSA) is 142 Å². The lowest BCUT2D eigenvalue weighted by Gasteiger charge is -2.10. The van der Waals surface area contributed by atoms with Gasteiger partial charge in [-0.25, -0.2) is 10.1 Å². The molecule has 0 aliphatic carbocycles. The van der Waals surface area contributed by atoms with Gasteiger partial charge in [0.15, 0.2) is 11.5 Å². The highest BCUT2D eigenvalue weighted by Gasteiger charge is 2.13. The molecule has 3 rings (SSSR count). The van der Waals surface area contributed by atoms with Gasteiger partial charge in [-0.05, 0) is 24.3 Å². The molecule has 11 nitrogen and oxygen atoms in total. The predicted molar refractivity (Wildman–Crippen MR) is 109 cm³/mol. The van der Waals surface area contributed by atoms with Crippen LogP contribution in [-0.2, 0) is 4.79 Å². The number of methoxy groups -OCH3 is 2. The van der Waals surface area contributed by atoms with Crippen molar-refractivity contribution in [1.29, 1.82) is 0 Å². The van der Waals surface area contributed by atoms with Gasteiger partial charge in [-0.1, -0.05) is 11.8 Å². The number of nitrogens with two attached hydrogens (primary N) is 1. The molecule has 2 heterocycles. The van der Waals surface area contributed by atoms with E-state index < -0.39 is 0 Å². The van der Waals surface area contributed by atoms with E-state index in [-0.39, 0.29) is 17.6 Å². The number of nitrogens with one attached hydrogen (secondary N) is 2. The van der Waals surface area contributed by atoms with Crippen molar-refractivity contribution in [2.75, 3.05) is 36.6 Å². The van der Waals surface area contributed by atoms with Crippen LogP contribution in [0.4, 0.5) is 11.6 Å². The molecule has 152 valence electrons. The number of nitrogen functional groups attached to an aromatic ring is 1. The van der Waals surface area contributed by atoms with Crippen molar-refractivity contribution in [2.24, 2.45) is 5.10 Å². The maximum atomic E-state index is 12.2. The van der Waals surface area contributed by atoms with Crippen LogP contribution >= 0.6 is 11.8 Å². The van der Waals surface area contributed by atoms with Crippen molar-refractivity contribution >= 4 is 35.5 Å². The van der Waals surface area contributed by atoms with E-state index in [9.17, 15) is 4.79 Å². The van der Waals surface area contributed by atoms with E-state index in [0.717, 1.165) is 11.8 Å². The Kier molecular flexibility index (Phi) is 6.58. The first-order valence-electron chi connectivity index (χ1n) is 8.28. The standard InChI is InChI=1S/C17H19N7O4S/c1-26-13-6-5-11(8-14(13)27-2)20-15(25)10-29-17-23-22-16(24(17)18)21-19-9-12-4-3-7-28-12/h3-9H,10,18H2,1-2H3,(H,20,25)(H,21,22)/b19-9+. The van der Waals surface area contributed by atoms with Crippen LogP contribution in [0.1, 0.15) is 5.76 Å². The van der Waals surface area contributed by atoms with Crippen LogP contribution in [0.5, 0.6) is 11.5 Å². The zero-order valence-corrected chi connectivity index (χ0v) is 16.5. The summed E-state index contributed by atoms with van der Waals surface area (Å²) in [6.07, 6.45) is 3.01. The zero-order valence-electron chi connectivity index (χ0n) is 15.7. The Labute approximate surface area is 170 Å². The summed E-state index contributed by atoms with van der Waals surface area (Å²) in [5, 5.41) is 14.9. The Morgan fingerprint density at radius 1 is 1.31 bits per heavy atom. The SMILES string of the molecule is COc1ccc(NC(=O)CSc2nnc(N/N=C/c3ccco3)n2N)cc1OC. The fourth-order valence-corrected chi connectivity index (χ4v) is 2.87. The summed E-state index contributed by atoms with van der Waals surface area (Å²) in [6, 6.07) is 8.59. The first kappa shape index (κ1) is 20.1. The summed E-state index contributed by atoms with van der Waals surface area (Å²) in [6.45, 7) is 0. The van der Waals surface area contributed by atoms with Crippen molar-refractivity contribution < 1.29 is 18.7 Å². The zero-order chi connectivity index (χ0) is 20.6. The molecular formula is C17H19N7O4S. The summed E-state index contributed by atoms with van der Waals surface area (Å²) < 4.78 is 16.7. The molecule has 0 atom stereocenters. The fraction of sp³-hybridized carbons (Fsp3) is 0.176. The molecule has 1 aromatic carbocycles. The van der Waals surface area contributed by atoms with E-state index in [4.69, 9.17) is 19.7 Å². The Morgan fingerprint density at radius 3 is 2.86 bits per heavy atom. The second-order valence-corrected chi connectivity index (χ2v) is 6.41. The second kappa shape index (κ2) is 9.50. The summed E-state index contributed by atoms with van der Waals surface area (Å²) >= 11 is 1.13. The highest BCUT2D eigenvalue weighted by Crippen LogP contribution is 2.29. The number of rotatable bonds is 9. The van der Waals surface area contributed by atoms with E-state index >= 15 is 0 Å². The molecule has 0 unspecified atom stereocenters. The Morgan fingerprint density at radius 2 is 2.14 bits per heavy atom. The highest BCUT2D eigenvalue weighted by atomic mass is 32.2. The van der Waals surface area contributed by atoms with Gasteiger partial charge in [0.2, 0.25) is 11.1 Å². The van der Waals surface area contributed by atoms with E-state index in [2.05, 4.69) is 26.0 Å². The minimum Gasteiger partial charge on any atom is -0.493 e. The van der Waals surface area contributed by atoms with Crippen molar-refractivity contribution in [3.63, 3.8) is 0 Å². The number of nitrogens with zero attached hydrogens (tertiary/aromatic N) is 4. The summed E-state index contributed by atoms with van der Waals surface area (Å²) in [5.41, 5.74) is 3.24. The molecule has 0 saturated carbocycles. The van der Waals surface area contributed by atoms with Crippen LogP contribution in [0.25, 0.3) is 0 Å². The molecule has 0 radical (unpaired) electrons. The van der Waals surface area contributed by atoms with Gasteiger partial charge in [0.25, 0.3) is 5.95 Å². The molecule has 3 aromatic rings. The molecule has 0 spiro atoms. The Balaban J connectivity index is 1.53. The first-order valence-corrected chi connectivity index (χ1v) is 9.27. The molecular weight excluding hydrogens is 398 g/mol. The van der Waals surface area contributed by atoms with Gasteiger partial charge >= 0.3 is 0 Å². The molecule has 12 heteroatoms. The number of benzene rings is 1. The Bertz CT molecular complexity index is 988. The number of thioether (sulfide) groups is 1. The van der Waals surface area contributed by atoms with Crippen LogP contribution in [0.15, 0.2) is 51.3 Å². The number of carbonyl (C=O) groups is 1. The second-order valence-electron chi connectivity index (χ2n) is 5.47. The number of anilines is 2. The van der Waals surface area contributed by atoms with Gasteiger partial charge in [-0.2, -0.15) is 5.10 Å². The minimum atomic E-state index is -0.240. The molecule has 0 aliphatic rings. The fourth-order valence-electron chi connectivity index (χ4n) is 2.21. The third-order valence-electron chi connectivity index (χ3n) is 3.56. The number of hydrazone groups is 1. The van der Waals surface area contributed by atoms with Crippen LogP contribution < -0.4 is 26.1 Å². The number of hydrogen-bond acceptors (Lipinski definition) is 10. The minimum absolute atomic E-state index is 0.0827. The molecule has 2 aromatic heterocycles. The number of amides is 1. The lowest BCUT2D eigenvalue weighted by atomic mass is 10.2. The van der Waals surface area contributed by atoms with Crippen molar-refractivity contribution in [3.8, 4) is 11.5 Å².